The zero-order chi connectivity index (χ0) is 13.5. The molecule has 0 atom stereocenters. The lowest BCUT2D eigenvalue weighted by Gasteiger charge is -1.95. The van der Waals surface area contributed by atoms with Gasteiger partial charge in [0.05, 0.1) is 0 Å². The molecular weight excluding hydrogens is 206 g/mol. The minimum absolute atomic E-state index is 1.02. The molecular formula is C16H27N. The summed E-state index contributed by atoms with van der Waals surface area (Å²) in [7, 11) is 0. The molecule has 0 aliphatic heterocycles. The summed E-state index contributed by atoms with van der Waals surface area (Å²) in [6.45, 7) is 12.0. The first-order chi connectivity index (χ1) is 8.47. The number of nitrogens with zero attached hydrogens (tertiary/aromatic N) is 1. The van der Waals surface area contributed by atoms with Gasteiger partial charge in [-0.3, -0.25) is 4.98 Å². The lowest BCUT2D eigenvalue weighted by atomic mass is 10.1. The summed E-state index contributed by atoms with van der Waals surface area (Å²) in [6.07, 6.45) is 13.3. The third-order valence-corrected chi connectivity index (χ3v) is 1.75. The molecule has 1 nitrogen and oxygen atoms in total. The second-order valence-corrected chi connectivity index (χ2v) is 2.55. The standard InChI is InChI=1S/C10H9N.3C2H6/c1-2-4-9-6-7-11-8-10(9)5-3-1;3*1-2/h2-8H,1H2;3*1-2H3. The maximum absolute atomic E-state index is 4.05. The molecule has 0 amide bonds. The average molecular weight is 233 g/mol. The molecule has 1 aliphatic carbocycles. The zero-order valence-corrected chi connectivity index (χ0v) is 12.2. The molecule has 1 heteroatoms. The Morgan fingerprint density at radius 1 is 0.824 bits per heavy atom. The first kappa shape index (κ1) is 18.0. The Balaban J connectivity index is 0. The predicted molar refractivity (Wildman–Crippen MR) is 81.0 cm³/mol. The van der Waals surface area contributed by atoms with E-state index in [-0.39, 0.29) is 0 Å². The van der Waals surface area contributed by atoms with Gasteiger partial charge in [0.15, 0.2) is 0 Å². The van der Waals surface area contributed by atoms with Crippen LogP contribution in [0.3, 0.4) is 0 Å². The van der Waals surface area contributed by atoms with Gasteiger partial charge >= 0.3 is 0 Å². The van der Waals surface area contributed by atoms with Crippen molar-refractivity contribution in [2.24, 2.45) is 0 Å². The highest BCUT2D eigenvalue weighted by molar-refractivity contribution is 5.66. The minimum atomic E-state index is 1.02. The monoisotopic (exact) mass is 233 g/mol. The van der Waals surface area contributed by atoms with Gasteiger partial charge in [-0.05, 0) is 23.6 Å². The highest BCUT2D eigenvalue weighted by Gasteiger charge is 1.95. The van der Waals surface area contributed by atoms with Crippen LogP contribution >= 0.6 is 0 Å². The van der Waals surface area contributed by atoms with Crippen LogP contribution in [0, 0.1) is 0 Å². The molecule has 1 heterocycles. The van der Waals surface area contributed by atoms with E-state index in [4.69, 9.17) is 0 Å². The van der Waals surface area contributed by atoms with Gasteiger partial charge < -0.3 is 0 Å². The molecule has 0 saturated heterocycles. The lowest BCUT2D eigenvalue weighted by molar-refractivity contribution is 1.31. The summed E-state index contributed by atoms with van der Waals surface area (Å²) >= 11 is 0. The third kappa shape index (κ3) is 7.51. The van der Waals surface area contributed by atoms with E-state index in [1.54, 1.807) is 0 Å². The van der Waals surface area contributed by atoms with Crippen molar-refractivity contribution in [1.82, 2.24) is 4.98 Å². The van der Waals surface area contributed by atoms with Gasteiger partial charge in [0.25, 0.3) is 0 Å². The highest BCUT2D eigenvalue weighted by atomic mass is 14.6. The van der Waals surface area contributed by atoms with Crippen molar-refractivity contribution in [3.8, 4) is 0 Å². The Kier molecular flexibility index (Phi) is 15.5. The fraction of sp³-hybridized carbons (Fsp3) is 0.438. The molecule has 0 saturated carbocycles. The molecule has 1 aliphatic rings. The van der Waals surface area contributed by atoms with Gasteiger partial charge in [0.1, 0.15) is 0 Å². The fourth-order valence-electron chi connectivity index (χ4n) is 1.18. The number of hydrogen-bond acceptors (Lipinski definition) is 1. The molecule has 0 radical (unpaired) electrons. The van der Waals surface area contributed by atoms with E-state index in [0.717, 1.165) is 6.42 Å². The molecule has 0 spiro atoms. The molecule has 0 aromatic carbocycles. The minimum Gasteiger partial charge on any atom is -0.264 e. The Hall–Kier alpha value is -1.37. The quantitative estimate of drug-likeness (QED) is 0.569. The van der Waals surface area contributed by atoms with E-state index in [1.165, 1.54) is 11.1 Å². The normalized spacial score (nSPS) is 10.2. The Morgan fingerprint density at radius 3 is 1.94 bits per heavy atom. The average Bonchev–Trinajstić information content (AvgIpc) is 2.70. The van der Waals surface area contributed by atoms with E-state index < -0.39 is 0 Å². The Bertz CT molecular complexity index is 280. The highest BCUT2D eigenvalue weighted by Crippen LogP contribution is 2.14. The number of pyridine rings is 1. The Morgan fingerprint density at radius 2 is 1.35 bits per heavy atom. The van der Waals surface area contributed by atoms with Crippen LogP contribution in [0.1, 0.15) is 59.1 Å². The smallest absolute Gasteiger partial charge is 0.0346 e. The van der Waals surface area contributed by atoms with Crippen molar-refractivity contribution in [1.29, 1.82) is 0 Å². The first-order valence-corrected chi connectivity index (χ1v) is 6.74. The largest absolute Gasteiger partial charge is 0.264 e. The van der Waals surface area contributed by atoms with Gasteiger partial charge in [-0.15, -0.1) is 0 Å². The number of rotatable bonds is 0. The van der Waals surface area contributed by atoms with E-state index in [2.05, 4.69) is 29.3 Å². The molecule has 0 N–H and O–H groups in total. The van der Waals surface area contributed by atoms with Crippen molar-refractivity contribution in [2.75, 3.05) is 0 Å². The van der Waals surface area contributed by atoms with Crippen LogP contribution in [0.4, 0.5) is 0 Å². The molecule has 1 aromatic heterocycles. The summed E-state index contributed by atoms with van der Waals surface area (Å²) in [5, 5.41) is 0. The Labute approximate surface area is 107 Å². The van der Waals surface area contributed by atoms with Crippen LogP contribution in [0.25, 0.3) is 12.2 Å². The summed E-state index contributed by atoms with van der Waals surface area (Å²) in [6, 6.07) is 2.03. The van der Waals surface area contributed by atoms with Crippen molar-refractivity contribution < 1.29 is 0 Å². The predicted octanol–water partition coefficient (Wildman–Crippen LogP) is 5.59. The summed E-state index contributed by atoms with van der Waals surface area (Å²) in [4.78, 5) is 4.05. The van der Waals surface area contributed by atoms with Crippen LogP contribution in [-0.4, -0.2) is 4.98 Å². The SMILES string of the molecule is C1=Cc2ccncc2C=CC1.CC.CC.CC. The van der Waals surface area contributed by atoms with Gasteiger partial charge in [0, 0.05) is 12.4 Å². The molecule has 1 aromatic rings. The zero-order valence-electron chi connectivity index (χ0n) is 12.2. The summed E-state index contributed by atoms with van der Waals surface area (Å²) in [5.74, 6) is 0. The van der Waals surface area contributed by atoms with E-state index in [1.807, 2.05) is 60.0 Å². The maximum atomic E-state index is 4.05. The van der Waals surface area contributed by atoms with Gasteiger partial charge in [-0.2, -0.15) is 0 Å². The fourth-order valence-corrected chi connectivity index (χ4v) is 1.18. The second-order valence-electron chi connectivity index (χ2n) is 2.55. The topological polar surface area (TPSA) is 12.9 Å². The van der Waals surface area contributed by atoms with Crippen LogP contribution in [0.15, 0.2) is 30.6 Å². The lowest BCUT2D eigenvalue weighted by Crippen LogP contribution is -1.79. The van der Waals surface area contributed by atoms with E-state index >= 15 is 0 Å². The molecule has 2 rings (SSSR count). The van der Waals surface area contributed by atoms with Crippen LogP contribution in [0.2, 0.25) is 0 Å². The van der Waals surface area contributed by atoms with Crippen molar-refractivity contribution in [2.45, 2.75) is 48.0 Å². The first-order valence-electron chi connectivity index (χ1n) is 6.74. The van der Waals surface area contributed by atoms with Crippen LogP contribution < -0.4 is 0 Å². The number of allylic oxidation sites excluding steroid dienone is 2. The summed E-state index contributed by atoms with van der Waals surface area (Å²) in [5.41, 5.74) is 2.47. The molecule has 96 valence electrons. The van der Waals surface area contributed by atoms with Crippen LogP contribution in [-0.2, 0) is 0 Å². The van der Waals surface area contributed by atoms with Gasteiger partial charge in [0.2, 0.25) is 0 Å². The summed E-state index contributed by atoms with van der Waals surface area (Å²) < 4.78 is 0. The van der Waals surface area contributed by atoms with Gasteiger partial charge in [-0.1, -0.05) is 65.8 Å². The molecule has 17 heavy (non-hydrogen) atoms. The van der Waals surface area contributed by atoms with Crippen molar-refractivity contribution in [3.63, 3.8) is 0 Å². The number of aromatic nitrogens is 1. The van der Waals surface area contributed by atoms with Crippen LogP contribution in [0.5, 0.6) is 0 Å². The van der Waals surface area contributed by atoms with Crippen molar-refractivity contribution in [3.05, 3.63) is 41.7 Å². The molecule has 0 fully saturated rings. The number of hydrogen-bond donors (Lipinski definition) is 0. The van der Waals surface area contributed by atoms with E-state index in [0.29, 0.717) is 0 Å². The van der Waals surface area contributed by atoms with Gasteiger partial charge in [-0.25, -0.2) is 0 Å². The second kappa shape index (κ2) is 14.6. The number of fused-ring (bicyclic) bond motifs is 1. The maximum Gasteiger partial charge on any atom is 0.0346 e. The van der Waals surface area contributed by atoms with Crippen molar-refractivity contribution >= 4 is 12.2 Å². The third-order valence-electron chi connectivity index (χ3n) is 1.75. The van der Waals surface area contributed by atoms with E-state index in [9.17, 15) is 0 Å². The molecule has 0 bridgehead atoms. The molecule has 0 unspecified atom stereocenters.